The van der Waals surface area contributed by atoms with Crippen LogP contribution < -0.4 is 16.0 Å². The predicted octanol–water partition coefficient (Wildman–Crippen LogP) is 6.55. The third kappa shape index (κ3) is 9.14. The van der Waals surface area contributed by atoms with Crippen LogP contribution in [0.5, 0.6) is 5.75 Å². The van der Waals surface area contributed by atoms with Crippen LogP contribution in [0.1, 0.15) is 99.3 Å². The number of amides is 4. The van der Waals surface area contributed by atoms with Crippen LogP contribution in [0.2, 0.25) is 5.02 Å². The van der Waals surface area contributed by atoms with Crippen LogP contribution in [0.3, 0.4) is 0 Å². The van der Waals surface area contributed by atoms with Crippen molar-refractivity contribution in [1.29, 1.82) is 0 Å². The number of phenolic OH excluding ortho intramolecular Hbond substituents is 1. The zero-order valence-electron chi connectivity index (χ0n) is 37.5. The zero-order chi connectivity index (χ0) is 47.1. The summed E-state index contributed by atoms with van der Waals surface area (Å²) in [7, 11) is 0. The maximum Gasteiger partial charge on any atom is 0.255 e. The van der Waals surface area contributed by atoms with Crippen molar-refractivity contribution < 1.29 is 24.3 Å². The fourth-order valence-corrected chi connectivity index (χ4v) is 10.8. The number of aliphatic imine (C=N–C) groups is 1. The normalized spacial score (nSPS) is 18.2. The molecule has 68 heavy (non-hydrogen) atoms. The van der Waals surface area contributed by atoms with Crippen molar-refractivity contribution in [3.05, 3.63) is 134 Å². The van der Waals surface area contributed by atoms with E-state index in [1.165, 1.54) is 23.5 Å². The molecule has 16 nitrogen and oxygen atoms in total. The van der Waals surface area contributed by atoms with Crippen molar-refractivity contribution in [2.24, 2.45) is 4.99 Å². The highest BCUT2D eigenvalue weighted by Gasteiger charge is 2.40. The van der Waals surface area contributed by atoms with Gasteiger partial charge >= 0.3 is 0 Å². The fourth-order valence-electron chi connectivity index (χ4n) is 9.45. The Labute approximate surface area is 401 Å². The summed E-state index contributed by atoms with van der Waals surface area (Å²) in [6.45, 7) is 7.87. The van der Waals surface area contributed by atoms with Gasteiger partial charge in [-0.2, -0.15) is 5.10 Å². The van der Waals surface area contributed by atoms with E-state index in [1.54, 1.807) is 23.2 Å². The molecule has 1 unspecified atom stereocenters. The largest absolute Gasteiger partial charge is 0.508 e. The molecular formula is C50H48ClN11O5S. The van der Waals surface area contributed by atoms with Gasteiger partial charge in [0.15, 0.2) is 5.82 Å². The maximum absolute atomic E-state index is 13.4. The number of hydrogen-bond acceptors (Lipinski definition) is 12. The lowest BCUT2D eigenvalue weighted by atomic mass is 9.99. The second-order valence-electron chi connectivity index (χ2n) is 17.6. The molecule has 0 spiro atoms. The van der Waals surface area contributed by atoms with Crippen LogP contribution >= 0.6 is 22.9 Å². The summed E-state index contributed by atoms with van der Waals surface area (Å²) in [6.07, 6.45) is 7.22. The van der Waals surface area contributed by atoms with E-state index in [9.17, 15) is 24.3 Å². The molecule has 4 aliphatic rings. The fraction of sp³-hybridized carbons (Fsp3) is 0.320. The molecule has 0 aliphatic carbocycles. The number of halogens is 1. The van der Waals surface area contributed by atoms with Gasteiger partial charge < -0.3 is 25.5 Å². The van der Waals surface area contributed by atoms with Gasteiger partial charge in [-0.05, 0) is 100 Å². The number of imide groups is 1. The second kappa shape index (κ2) is 18.9. The van der Waals surface area contributed by atoms with Gasteiger partial charge in [-0.25, -0.2) is 0 Å². The Morgan fingerprint density at radius 1 is 0.971 bits per heavy atom. The first-order valence-electron chi connectivity index (χ1n) is 22.7. The van der Waals surface area contributed by atoms with Gasteiger partial charge in [-0.15, -0.1) is 21.5 Å². The summed E-state index contributed by atoms with van der Waals surface area (Å²) in [5, 5.41) is 33.8. The number of fused-ring (bicyclic) bond motifs is 4. The summed E-state index contributed by atoms with van der Waals surface area (Å²) in [6, 6.07) is 18.5. The topological polar surface area (TPSA) is 192 Å². The van der Waals surface area contributed by atoms with Gasteiger partial charge in [-0.1, -0.05) is 41.6 Å². The molecule has 4 N–H and O–H groups in total. The third-order valence-electron chi connectivity index (χ3n) is 13.0. The number of carbonyl (C=O) groups excluding carboxylic acids is 4. The number of aryl methyl sites for hydroxylation is 2. The minimum atomic E-state index is -0.653. The number of rotatable bonds is 11. The van der Waals surface area contributed by atoms with Gasteiger partial charge in [0, 0.05) is 83.5 Å². The first-order chi connectivity index (χ1) is 32.9. The highest BCUT2D eigenvalue weighted by molar-refractivity contribution is 7.15. The van der Waals surface area contributed by atoms with Crippen molar-refractivity contribution in [2.45, 2.75) is 83.6 Å². The van der Waals surface area contributed by atoms with E-state index in [2.05, 4.69) is 48.0 Å². The molecule has 3 aromatic heterocycles. The molecule has 6 aromatic rings. The Morgan fingerprint density at radius 3 is 2.54 bits per heavy atom. The second-order valence-corrected chi connectivity index (χ2v) is 19.0. The molecule has 10 rings (SSSR count). The molecule has 2 atom stereocenters. The Hall–Kier alpha value is -7.13. The van der Waals surface area contributed by atoms with E-state index < -0.39 is 18.0 Å². The summed E-state index contributed by atoms with van der Waals surface area (Å²) < 4.78 is 3.93. The van der Waals surface area contributed by atoms with Gasteiger partial charge in [-0.3, -0.25) is 38.7 Å². The lowest BCUT2D eigenvalue weighted by Crippen LogP contribution is -2.52. The SMILES string of the molecule is Cc1c(C#Cc2cnn(CCCN3CCC(Nc4cccc5c4CN(C4CCC(=O)NC4=O)C5=O)CC3)c2)sc2c1C(c1ccc(Cl)cc1)=N[C@@H](CC(=O)Nc1ccc(O)cc1)c1nnc(C)n1-2. The number of anilines is 2. The molecule has 0 radical (unpaired) electrons. The Kier molecular flexibility index (Phi) is 12.4. The highest BCUT2D eigenvalue weighted by Crippen LogP contribution is 2.40. The molecule has 0 saturated carbocycles. The molecule has 4 amide bonds. The standard InChI is InChI=1S/C50H48ClN11O5S/c1-29-42(68-50-45(29)46(32-8-10-33(51)11-9-32)55-40(47-58-57-30(2)62(47)50)25-44(65)54-34-12-14-36(63)15-13-34)17-7-31-26-52-60(27-31)22-4-21-59-23-19-35(20-24-59)53-39-6-3-5-37-38(39)28-61(49(37)67)41-16-18-43(64)56-48(41)66/h3,5-6,8-15,26-27,35,40-41,53,63H,4,16,18-25,28H2,1-2H3,(H,54,65)(H,56,64,66)/t40-,41?/m0/s1. The molecule has 7 heterocycles. The summed E-state index contributed by atoms with van der Waals surface area (Å²) in [4.78, 5) is 61.2. The summed E-state index contributed by atoms with van der Waals surface area (Å²) in [5.41, 5.74) is 7.21. The third-order valence-corrected chi connectivity index (χ3v) is 14.4. The number of carbonyl (C=O) groups is 4. The molecule has 4 aliphatic heterocycles. The Morgan fingerprint density at radius 2 is 1.76 bits per heavy atom. The van der Waals surface area contributed by atoms with Crippen LogP contribution in [0.15, 0.2) is 84.1 Å². The zero-order valence-corrected chi connectivity index (χ0v) is 39.0. The highest BCUT2D eigenvalue weighted by atomic mass is 35.5. The lowest BCUT2D eigenvalue weighted by Gasteiger charge is -2.33. The first kappa shape index (κ1) is 44.7. The number of nitrogens with one attached hydrogen (secondary N) is 3. The van der Waals surface area contributed by atoms with Crippen LogP contribution in [-0.4, -0.2) is 101 Å². The quantitative estimate of drug-likeness (QED) is 0.0630. The van der Waals surface area contributed by atoms with Crippen LogP contribution in [0.25, 0.3) is 5.00 Å². The predicted molar refractivity (Wildman–Crippen MR) is 258 cm³/mol. The number of thiophene rings is 1. The number of aromatic nitrogens is 5. The van der Waals surface area contributed by atoms with Gasteiger partial charge in [0.1, 0.15) is 28.7 Å². The van der Waals surface area contributed by atoms with Crippen LogP contribution in [0, 0.1) is 25.7 Å². The van der Waals surface area contributed by atoms with Crippen molar-refractivity contribution in [3.8, 4) is 22.6 Å². The van der Waals surface area contributed by atoms with Crippen LogP contribution in [-0.2, 0) is 27.5 Å². The summed E-state index contributed by atoms with van der Waals surface area (Å²) in [5.74, 6) is 6.98. The van der Waals surface area contributed by atoms with Crippen molar-refractivity contribution in [2.75, 3.05) is 30.3 Å². The van der Waals surface area contributed by atoms with E-state index >= 15 is 0 Å². The number of benzene rings is 3. The molecule has 0 bridgehead atoms. The van der Waals surface area contributed by atoms with Crippen molar-refractivity contribution in [3.63, 3.8) is 0 Å². The lowest BCUT2D eigenvalue weighted by molar-refractivity contribution is -0.137. The Balaban J connectivity index is 0.776. The number of piperidine rings is 2. The average molecular weight is 951 g/mol. The van der Waals surface area contributed by atoms with E-state index in [4.69, 9.17) is 16.6 Å². The van der Waals surface area contributed by atoms with Crippen molar-refractivity contribution >= 4 is 63.7 Å². The molecule has 2 fully saturated rings. The van der Waals surface area contributed by atoms with Gasteiger partial charge in [0.2, 0.25) is 17.7 Å². The van der Waals surface area contributed by atoms with Gasteiger partial charge in [0.05, 0.1) is 28.8 Å². The molecular weight excluding hydrogens is 902 g/mol. The van der Waals surface area contributed by atoms with E-state index in [0.29, 0.717) is 46.6 Å². The molecule has 346 valence electrons. The number of phenols is 1. The monoisotopic (exact) mass is 949 g/mol. The van der Waals surface area contributed by atoms with E-state index in [-0.39, 0.29) is 42.4 Å². The average Bonchev–Trinajstić information content (AvgIpc) is 4.09. The number of hydrogen-bond donors (Lipinski definition) is 4. The maximum atomic E-state index is 13.4. The molecule has 18 heteroatoms. The minimum Gasteiger partial charge on any atom is -0.508 e. The van der Waals surface area contributed by atoms with E-state index in [1.807, 2.05) is 71.8 Å². The van der Waals surface area contributed by atoms with Gasteiger partial charge in [0.25, 0.3) is 5.91 Å². The molecule has 3 aromatic carbocycles. The Bertz CT molecular complexity index is 3050. The molecule has 2 saturated heterocycles. The van der Waals surface area contributed by atoms with E-state index in [0.717, 1.165) is 88.8 Å². The number of nitrogens with zero attached hydrogens (tertiary/aromatic N) is 8. The number of likely N-dealkylation sites (tertiary alicyclic amines) is 1. The van der Waals surface area contributed by atoms with Crippen LogP contribution in [0.4, 0.5) is 11.4 Å². The number of aromatic hydroxyl groups is 1. The van der Waals surface area contributed by atoms with Crippen molar-refractivity contribution in [1.82, 2.24) is 39.7 Å². The minimum absolute atomic E-state index is 0.00892. The summed E-state index contributed by atoms with van der Waals surface area (Å²) >= 11 is 7.87. The smallest absolute Gasteiger partial charge is 0.255 e. The first-order valence-corrected chi connectivity index (χ1v) is 23.9.